The number of carboxylic acid groups (broad SMARTS) is 1. The third-order valence-corrected chi connectivity index (χ3v) is 4.12. The first-order valence-electron chi connectivity index (χ1n) is 6.75. The molecule has 1 aliphatic carbocycles. The summed E-state index contributed by atoms with van der Waals surface area (Å²) in [5.74, 6) is -3.50. The zero-order valence-electron chi connectivity index (χ0n) is 11.3. The highest BCUT2D eigenvalue weighted by atomic mass is 16.4. The van der Waals surface area contributed by atoms with Gasteiger partial charge >= 0.3 is 5.97 Å². The fourth-order valence-corrected chi connectivity index (χ4v) is 2.89. The van der Waals surface area contributed by atoms with E-state index in [-0.39, 0.29) is 12.3 Å². The molecule has 2 aliphatic rings. The maximum absolute atomic E-state index is 12.2. The van der Waals surface area contributed by atoms with Crippen molar-refractivity contribution in [3.05, 3.63) is 0 Å². The Morgan fingerprint density at radius 3 is 2.30 bits per heavy atom. The van der Waals surface area contributed by atoms with Gasteiger partial charge in [-0.3, -0.25) is 24.1 Å². The molecule has 1 saturated heterocycles. The smallest absolute Gasteiger partial charge is 0.307 e. The summed E-state index contributed by atoms with van der Waals surface area (Å²) < 4.78 is 0. The molecule has 3 amide bonds. The normalized spacial score (nSPS) is 30.4. The number of aliphatic carboxylic acids is 1. The summed E-state index contributed by atoms with van der Waals surface area (Å²) in [5.41, 5.74) is 0. The van der Waals surface area contributed by atoms with Crippen molar-refractivity contribution >= 4 is 23.7 Å². The van der Waals surface area contributed by atoms with Crippen LogP contribution in [0.2, 0.25) is 0 Å². The number of hydrogen-bond acceptors (Lipinski definition) is 4. The van der Waals surface area contributed by atoms with Crippen molar-refractivity contribution in [1.82, 2.24) is 10.2 Å². The number of carbonyl (C=O) groups is 4. The average Bonchev–Trinajstić information content (AvgIpc) is 2.66. The van der Waals surface area contributed by atoms with Gasteiger partial charge in [0.05, 0.1) is 18.3 Å². The van der Waals surface area contributed by atoms with E-state index in [0.717, 1.165) is 17.7 Å². The van der Waals surface area contributed by atoms with E-state index in [1.165, 1.54) is 7.05 Å². The van der Waals surface area contributed by atoms with Gasteiger partial charge in [0.25, 0.3) is 5.91 Å². The van der Waals surface area contributed by atoms with Gasteiger partial charge in [-0.15, -0.1) is 0 Å². The summed E-state index contributed by atoms with van der Waals surface area (Å²) in [6.45, 7) is 0. The van der Waals surface area contributed by atoms with E-state index in [2.05, 4.69) is 5.32 Å². The molecule has 1 heterocycles. The van der Waals surface area contributed by atoms with Crippen molar-refractivity contribution in [1.29, 1.82) is 0 Å². The Labute approximate surface area is 116 Å². The zero-order valence-corrected chi connectivity index (χ0v) is 11.3. The van der Waals surface area contributed by atoms with E-state index in [1.807, 2.05) is 0 Å². The molecular weight excluding hydrogens is 264 g/mol. The van der Waals surface area contributed by atoms with E-state index in [4.69, 9.17) is 5.11 Å². The van der Waals surface area contributed by atoms with Crippen LogP contribution in [0.15, 0.2) is 0 Å². The van der Waals surface area contributed by atoms with Gasteiger partial charge in [-0.25, -0.2) is 0 Å². The number of carboxylic acids is 1. The fourth-order valence-electron chi connectivity index (χ4n) is 2.89. The van der Waals surface area contributed by atoms with Gasteiger partial charge in [0.2, 0.25) is 11.8 Å². The summed E-state index contributed by atoms with van der Waals surface area (Å²) in [6, 6.07) is -0.851. The van der Waals surface area contributed by atoms with Crippen molar-refractivity contribution in [2.75, 3.05) is 7.05 Å². The second-order valence-corrected chi connectivity index (χ2v) is 5.39. The number of imide groups is 1. The molecule has 0 spiro atoms. The lowest BCUT2D eigenvalue weighted by molar-refractivity contribution is -0.149. The van der Waals surface area contributed by atoms with Crippen LogP contribution in [0.1, 0.15) is 32.1 Å². The predicted octanol–water partition coefficient (Wildman–Crippen LogP) is -0.249. The molecule has 0 bridgehead atoms. The molecule has 110 valence electrons. The third-order valence-electron chi connectivity index (χ3n) is 4.12. The monoisotopic (exact) mass is 282 g/mol. The topological polar surface area (TPSA) is 104 Å². The zero-order chi connectivity index (χ0) is 14.9. The van der Waals surface area contributed by atoms with Crippen LogP contribution in [-0.4, -0.2) is 46.8 Å². The number of nitrogens with one attached hydrogen (secondary N) is 1. The molecule has 3 atom stereocenters. The number of carbonyl (C=O) groups excluding carboxylic acids is 3. The van der Waals surface area contributed by atoms with Gasteiger partial charge in [0.15, 0.2) is 0 Å². The lowest BCUT2D eigenvalue weighted by atomic mass is 9.78. The number of likely N-dealkylation sites (tertiary alicyclic amines) is 1. The fraction of sp³-hybridized carbons (Fsp3) is 0.692. The van der Waals surface area contributed by atoms with Crippen LogP contribution in [-0.2, 0) is 19.2 Å². The molecular formula is C13H18N2O5. The van der Waals surface area contributed by atoms with Crippen LogP contribution in [0.4, 0.5) is 0 Å². The van der Waals surface area contributed by atoms with Crippen LogP contribution in [0.5, 0.6) is 0 Å². The van der Waals surface area contributed by atoms with Gasteiger partial charge in [-0.2, -0.15) is 0 Å². The maximum atomic E-state index is 12.2. The van der Waals surface area contributed by atoms with E-state index in [9.17, 15) is 19.2 Å². The highest BCUT2D eigenvalue weighted by Crippen LogP contribution is 2.30. The summed E-state index contributed by atoms with van der Waals surface area (Å²) in [7, 11) is 1.37. The van der Waals surface area contributed by atoms with Crippen molar-refractivity contribution in [2.24, 2.45) is 11.8 Å². The molecule has 20 heavy (non-hydrogen) atoms. The molecule has 1 aliphatic heterocycles. The summed E-state index contributed by atoms with van der Waals surface area (Å²) in [4.78, 5) is 47.4. The first kappa shape index (κ1) is 14.5. The molecule has 7 nitrogen and oxygen atoms in total. The second-order valence-electron chi connectivity index (χ2n) is 5.39. The lowest BCUT2D eigenvalue weighted by Crippen LogP contribution is -2.46. The van der Waals surface area contributed by atoms with Crippen molar-refractivity contribution in [3.8, 4) is 0 Å². The first-order valence-corrected chi connectivity index (χ1v) is 6.75. The van der Waals surface area contributed by atoms with Gasteiger partial charge in [-0.05, 0) is 12.8 Å². The van der Waals surface area contributed by atoms with Gasteiger partial charge in [0, 0.05) is 7.05 Å². The Balaban J connectivity index is 2.02. The molecule has 7 heteroatoms. The largest absolute Gasteiger partial charge is 0.481 e. The average molecular weight is 282 g/mol. The Morgan fingerprint density at radius 2 is 1.80 bits per heavy atom. The van der Waals surface area contributed by atoms with E-state index >= 15 is 0 Å². The molecule has 0 radical (unpaired) electrons. The predicted molar refractivity (Wildman–Crippen MR) is 67.4 cm³/mol. The molecule has 3 unspecified atom stereocenters. The van der Waals surface area contributed by atoms with Gasteiger partial charge in [0.1, 0.15) is 6.04 Å². The molecule has 0 aromatic rings. The standard InChI is InChI=1S/C13H18N2O5/c1-15-10(16)6-9(12(15)18)14-11(17)7-4-2-3-5-8(7)13(19)20/h7-9H,2-6H2,1H3,(H,14,17)(H,19,20). The molecule has 1 saturated carbocycles. The van der Waals surface area contributed by atoms with Crippen molar-refractivity contribution in [3.63, 3.8) is 0 Å². The minimum Gasteiger partial charge on any atom is -0.481 e. The van der Waals surface area contributed by atoms with Gasteiger partial charge in [-0.1, -0.05) is 12.8 Å². The number of rotatable bonds is 3. The third kappa shape index (κ3) is 2.66. The minimum absolute atomic E-state index is 0.0501. The Morgan fingerprint density at radius 1 is 1.20 bits per heavy atom. The van der Waals surface area contributed by atoms with E-state index in [0.29, 0.717) is 12.8 Å². The van der Waals surface area contributed by atoms with Crippen LogP contribution in [0.3, 0.4) is 0 Å². The molecule has 0 aromatic carbocycles. The number of nitrogens with zero attached hydrogens (tertiary/aromatic N) is 1. The maximum Gasteiger partial charge on any atom is 0.307 e. The van der Waals surface area contributed by atoms with Crippen molar-refractivity contribution in [2.45, 2.75) is 38.1 Å². The second kappa shape index (κ2) is 5.60. The number of amides is 3. The highest BCUT2D eigenvalue weighted by molar-refractivity contribution is 6.06. The minimum atomic E-state index is -0.976. The molecule has 2 N–H and O–H groups in total. The Kier molecular flexibility index (Phi) is 4.06. The molecule has 2 fully saturated rings. The quantitative estimate of drug-likeness (QED) is 0.695. The summed E-state index contributed by atoms with van der Waals surface area (Å²) in [6.07, 6.45) is 2.54. The lowest BCUT2D eigenvalue weighted by Gasteiger charge is -2.28. The van der Waals surface area contributed by atoms with E-state index < -0.39 is 35.7 Å². The highest BCUT2D eigenvalue weighted by Gasteiger charge is 2.41. The Bertz CT molecular complexity index is 462. The first-order chi connectivity index (χ1) is 9.41. The molecule has 0 aromatic heterocycles. The van der Waals surface area contributed by atoms with Crippen molar-refractivity contribution < 1.29 is 24.3 Å². The van der Waals surface area contributed by atoms with Crippen LogP contribution >= 0.6 is 0 Å². The molecule has 2 rings (SSSR count). The van der Waals surface area contributed by atoms with Crippen LogP contribution in [0, 0.1) is 11.8 Å². The van der Waals surface area contributed by atoms with Crippen LogP contribution < -0.4 is 5.32 Å². The van der Waals surface area contributed by atoms with Crippen LogP contribution in [0.25, 0.3) is 0 Å². The van der Waals surface area contributed by atoms with E-state index in [1.54, 1.807) is 0 Å². The number of hydrogen-bond donors (Lipinski definition) is 2. The SMILES string of the molecule is CN1C(=O)CC(NC(=O)C2CCCCC2C(=O)O)C1=O. The Hall–Kier alpha value is -1.92. The summed E-state index contributed by atoms with van der Waals surface area (Å²) in [5, 5.41) is 11.7. The van der Waals surface area contributed by atoms with Gasteiger partial charge < -0.3 is 10.4 Å². The number of likely N-dealkylation sites (N-methyl/N-ethyl adjacent to an activating group) is 1. The summed E-state index contributed by atoms with van der Waals surface area (Å²) >= 11 is 0.